The molecular weight excluding hydrogens is 522 g/mol. The highest BCUT2D eigenvalue weighted by Crippen LogP contribution is 2.73. The van der Waals surface area contributed by atoms with Crippen LogP contribution in [0, 0.1) is 75.4 Å². The van der Waals surface area contributed by atoms with Crippen LogP contribution in [0.4, 0.5) is 0 Å². The molecule has 1 aliphatic heterocycles. The maximum Gasteiger partial charge on any atom is 0.0656 e. The van der Waals surface area contributed by atoms with Gasteiger partial charge in [0, 0.05) is 31.0 Å². The Balaban J connectivity index is 1.23. The molecular formula is C37H65NO4. The van der Waals surface area contributed by atoms with Gasteiger partial charge in [-0.05, 0) is 122 Å². The van der Waals surface area contributed by atoms with E-state index in [0.717, 1.165) is 56.9 Å². The third-order valence-corrected chi connectivity index (χ3v) is 15.6. The number of hydrogen-bond donors (Lipinski definition) is 3. The summed E-state index contributed by atoms with van der Waals surface area (Å²) in [6.07, 6.45) is 10.2. The normalized spacial score (nSPS) is 56.1. The van der Waals surface area contributed by atoms with Crippen LogP contribution < -0.4 is 0 Å². The fourth-order valence-corrected chi connectivity index (χ4v) is 13.6. The molecule has 5 saturated carbocycles. The summed E-state index contributed by atoms with van der Waals surface area (Å²) in [6, 6.07) is 0. The van der Waals surface area contributed by atoms with Gasteiger partial charge in [0.25, 0.3) is 0 Å². The van der Waals surface area contributed by atoms with Gasteiger partial charge in [0.2, 0.25) is 0 Å². The largest absolute Gasteiger partial charge is 0.393 e. The highest BCUT2D eigenvalue weighted by Gasteiger charge is 2.70. The van der Waals surface area contributed by atoms with Crippen LogP contribution in [0.25, 0.3) is 0 Å². The summed E-state index contributed by atoms with van der Waals surface area (Å²) in [5.41, 5.74) is -0.217. The van der Waals surface area contributed by atoms with Crippen LogP contribution in [0.3, 0.4) is 0 Å². The number of fused-ring (bicyclic) bond motifs is 3. The van der Waals surface area contributed by atoms with E-state index in [1.165, 1.54) is 51.5 Å². The van der Waals surface area contributed by atoms with E-state index in [4.69, 9.17) is 4.74 Å². The van der Waals surface area contributed by atoms with Gasteiger partial charge in [0.05, 0.1) is 31.5 Å². The van der Waals surface area contributed by atoms with E-state index < -0.39 is 12.2 Å². The molecule has 1 heterocycles. The lowest BCUT2D eigenvalue weighted by Crippen LogP contribution is -2.70. The second-order valence-electron chi connectivity index (χ2n) is 17.8. The van der Waals surface area contributed by atoms with Gasteiger partial charge in [-0.15, -0.1) is 0 Å². The third-order valence-electron chi connectivity index (χ3n) is 15.6. The fraction of sp³-hybridized carbons (Fsp3) is 1.00. The summed E-state index contributed by atoms with van der Waals surface area (Å²) < 4.78 is 5.59. The van der Waals surface area contributed by atoms with Crippen molar-refractivity contribution in [2.24, 2.45) is 75.4 Å². The molecule has 3 N–H and O–H groups in total. The van der Waals surface area contributed by atoms with Crippen LogP contribution in [0.2, 0.25) is 0 Å². The summed E-state index contributed by atoms with van der Waals surface area (Å²) in [7, 11) is 0. The number of morpholine rings is 1. The van der Waals surface area contributed by atoms with Crippen molar-refractivity contribution in [2.75, 3.05) is 32.8 Å². The molecule has 6 fully saturated rings. The van der Waals surface area contributed by atoms with E-state index in [9.17, 15) is 15.3 Å². The number of aliphatic hydroxyl groups excluding tert-OH is 3. The number of aliphatic hydroxyl groups is 3. The van der Waals surface area contributed by atoms with Crippen LogP contribution in [-0.4, -0.2) is 71.4 Å². The molecule has 14 unspecified atom stereocenters. The van der Waals surface area contributed by atoms with Crippen molar-refractivity contribution < 1.29 is 20.1 Å². The second kappa shape index (κ2) is 11.6. The van der Waals surface area contributed by atoms with Crippen molar-refractivity contribution in [1.82, 2.24) is 4.90 Å². The minimum absolute atomic E-state index is 0.00176. The van der Waals surface area contributed by atoms with Crippen LogP contribution >= 0.6 is 0 Å². The highest BCUT2D eigenvalue weighted by molar-refractivity contribution is 5.18. The van der Waals surface area contributed by atoms with Crippen LogP contribution in [0.5, 0.6) is 0 Å². The molecule has 42 heavy (non-hydrogen) atoms. The quantitative estimate of drug-likeness (QED) is 0.363. The summed E-state index contributed by atoms with van der Waals surface area (Å²) >= 11 is 0. The van der Waals surface area contributed by atoms with E-state index in [0.29, 0.717) is 23.7 Å². The second-order valence-corrected chi connectivity index (χ2v) is 17.8. The average Bonchev–Trinajstić information content (AvgIpc) is 2.91. The zero-order chi connectivity index (χ0) is 30.2. The van der Waals surface area contributed by atoms with Gasteiger partial charge in [0.15, 0.2) is 0 Å². The van der Waals surface area contributed by atoms with E-state index in [1.807, 2.05) is 6.92 Å². The highest BCUT2D eigenvalue weighted by atomic mass is 16.5. The van der Waals surface area contributed by atoms with Crippen molar-refractivity contribution >= 4 is 0 Å². The van der Waals surface area contributed by atoms with Gasteiger partial charge >= 0.3 is 0 Å². The summed E-state index contributed by atoms with van der Waals surface area (Å²) in [5.74, 6) is 4.62. The minimum atomic E-state index is -0.542. The Morgan fingerprint density at radius 3 is 2.17 bits per heavy atom. The number of ether oxygens (including phenoxy) is 1. The summed E-state index contributed by atoms with van der Waals surface area (Å²) in [6.45, 7) is 21.5. The zero-order valence-electron chi connectivity index (χ0n) is 28.1. The molecule has 5 heteroatoms. The predicted octanol–water partition coefficient (Wildman–Crippen LogP) is 6.24. The molecule has 0 radical (unpaired) electrons. The molecule has 0 aromatic rings. The minimum Gasteiger partial charge on any atom is -0.393 e. The number of hydrogen-bond acceptors (Lipinski definition) is 5. The molecule has 242 valence electrons. The maximum absolute atomic E-state index is 12.5. The predicted molar refractivity (Wildman–Crippen MR) is 169 cm³/mol. The van der Waals surface area contributed by atoms with E-state index in [2.05, 4.69) is 46.4 Å². The standard InChI is InChI=1S/C37H65NO4/c1-22-8-13-28(27-11-9-26(10-12-27)20-38-14-16-42-17-15-38)29-19-35(5)21-36(6)18-23(2)30(25(4)39)34(41)37(36,7)24(3)32(35)33(40)31(22)29/h22-34,39-41H,8-21H2,1-7H3. The molecule has 5 aliphatic carbocycles. The topological polar surface area (TPSA) is 73.2 Å². The Labute approximate surface area is 257 Å². The maximum atomic E-state index is 12.5. The van der Waals surface area contributed by atoms with Gasteiger partial charge in [-0.25, -0.2) is 0 Å². The molecule has 0 amide bonds. The first-order valence-electron chi connectivity index (χ1n) is 18.1. The molecule has 1 saturated heterocycles. The third kappa shape index (κ3) is 4.97. The van der Waals surface area contributed by atoms with Crippen LogP contribution in [0.15, 0.2) is 0 Å². The SMILES string of the molecule is CC(O)C1C(C)CC2(C)CC3(C)CC4C(C5CCC(CN6CCOCC6)CC5)CCC(C)C4C(O)C3C(C)C2(C)C1O. The van der Waals surface area contributed by atoms with Crippen molar-refractivity contribution in [2.45, 2.75) is 125 Å². The van der Waals surface area contributed by atoms with Crippen molar-refractivity contribution in [3.05, 3.63) is 0 Å². The molecule has 6 aliphatic rings. The Bertz CT molecular complexity index is 944. The summed E-state index contributed by atoms with van der Waals surface area (Å²) in [5, 5.41) is 35.3. The first-order valence-corrected chi connectivity index (χ1v) is 18.1. The monoisotopic (exact) mass is 587 g/mol. The van der Waals surface area contributed by atoms with Gasteiger partial charge in [-0.2, -0.15) is 0 Å². The lowest BCUT2D eigenvalue weighted by Gasteiger charge is -2.72. The van der Waals surface area contributed by atoms with Crippen LogP contribution in [-0.2, 0) is 4.74 Å². The van der Waals surface area contributed by atoms with E-state index >= 15 is 0 Å². The van der Waals surface area contributed by atoms with Crippen molar-refractivity contribution in [3.63, 3.8) is 0 Å². The molecule has 5 nitrogen and oxygen atoms in total. The Kier molecular flexibility index (Phi) is 8.74. The van der Waals surface area contributed by atoms with Gasteiger partial charge in [-0.3, -0.25) is 4.90 Å². The smallest absolute Gasteiger partial charge is 0.0656 e. The Hall–Kier alpha value is -0.200. The van der Waals surface area contributed by atoms with Crippen molar-refractivity contribution in [1.29, 1.82) is 0 Å². The van der Waals surface area contributed by atoms with E-state index in [-0.39, 0.29) is 40.1 Å². The lowest BCUT2D eigenvalue weighted by molar-refractivity contribution is -0.280. The summed E-state index contributed by atoms with van der Waals surface area (Å²) in [4.78, 5) is 2.64. The molecule has 0 spiro atoms. The zero-order valence-corrected chi connectivity index (χ0v) is 28.1. The van der Waals surface area contributed by atoms with Crippen LogP contribution in [0.1, 0.15) is 106 Å². The van der Waals surface area contributed by atoms with E-state index in [1.54, 1.807) is 0 Å². The first kappa shape index (κ1) is 31.8. The molecule has 0 bridgehead atoms. The molecule has 6 rings (SSSR count). The van der Waals surface area contributed by atoms with Gasteiger partial charge in [0.1, 0.15) is 0 Å². The molecule has 0 aromatic heterocycles. The fourth-order valence-electron chi connectivity index (χ4n) is 13.6. The molecule has 14 atom stereocenters. The Morgan fingerprint density at radius 2 is 1.52 bits per heavy atom. The average molecular weight is 588 g/mol. The number of nitrogens with zero attached hydrogens (tertiary/aromatic N) is 1. The number of rotatable bonds is 4. The van der Waals surface area contributed by atoms with Crippen molar-refractivity contribution in [3.8, 4) is 0 Å². The van der Waals surface area contributed by atoms with Gasteiger partial charge in [-0.1, -0.05) is 48.0 Å². The Morgan fingerprint density at radius 1 is 0.857 bits per heavy atom. The lowest BCUT2D eigenvalue weighted by atomic mass is 9.34. The first-order chi connectivity index (χ1) is 19.8. The van der Waals surface area contributed by atoms with Gasteiger partial charge < -0.3 is 20.1 Å². The molecule has 0 aromatic carbocycles.